The lowest BCUT2D eigenvalue weighted by Crippen LogP contribution is -2.42. The fourth-order valence-corrected chi connectivity index (χ4v) is 3.90. The zero-order chi connectivity index (χ0) is 21.5. The van der Waals surface area contributed by atoms with E-state index in [1.807, 2.05) is 36.4 Å². The monoisotopic (exact) mass is 429 g/mol. The van der Waals surface area contributed by atoms with Gasteiger partial charge in [-0.3, -0.25) is 9.59 Å². The van der Waals surface area contributed by atoms with E-state index in [1.54, 1.807) is 17.0 Å². The van der Waals surface area contributed by atoms with Gasteiger partial charge >= 0.3 is 0 Å². The van der Waals surface area contributed by atoms with Gasteiger partial charge in [-0.05, 0) is 61.2 Å². The molecule has 0 aliphatic carbocycles. The molecule has 2 aromatic rings. The van der Waals surface area contributed by atoms with Gasteiger partial charge in [-0.1, -0.05) is 35.9 Å². The molecule has 1 aliphatic heterocycles. The summed E-state index contributed by atoms with van der Waals surface area (Å²) in [6, 6.07) is 14.5. The van der Waals surface area contributed by atoms with E-state index in [4.69, 9.17) is 11.6 Å². The molecule has 6 nitrogen and oxygen atoms in total. The minimum absolute atomic E-state index is 0.0593. The molecule has 2 aromatic carbocycles. The number of amides is 2. The minimum atomic E-state index is -0.605. The molecule has 3 rings (SSSR count). The Kier molecular flexibility index (Phi) is 7.85. The highest BCUT2D eigenvalue weighted by Crippen LogP contribution is 2.20. The number of aliphatic hydroxyl groups excluding tert-OH is 1. The molecule has 2 atom stereocenters. The molecule has 1 heterocycles. The van der Waals surface area contributed by atoms with Crippen molar-refractivity contribution in [2.75, 3.05) is 25.0 Å². The van der Waals surface area contributed by atoms with Crippen LogP contribution in [0.5, 0.6) is 0 Å². The molecular weight excluding hydrogens is 402 g/mol. The van der Waals surface area contributed by atoms with Crippen LogP contribution in [0, 0.1) is 0 Å². The lowest BCUT2D eigenvalue weighted by molar-refractivity contribution is -0.134. The molecule has 1 saturated heterocycles. The number of carbonyl (C=O) groups is 2. The van der Waals surface area contributed by atoms with Crippen LogP contribution < -0.4 is 10.6 Å². The standard InChI is InChI=1S/C23H28ClN3O3/c1-16(28)27-13-3-6-21(27)23(30)26-20-9-7-17(8-10-20)11-12-25-15-22(29)18-4-2-5-19(24)14-18/h2,4-5,7-10,14,21-22,25,29H,3,6,11-13,15H2,1H3,(H,26,30)/t21-,22-/m0/s1. The van der Waals surface area contributed by atoms with Gasteiger partial charge in [0, 0.05) is 30.7 Å². The molecule has 1 fully saturated rings. The van der Waals surface area contributed by atoms with Crippen molar-refractivity contribution in [2.24, 2.45) is 0 Å². The van der Waals surface area contributed by atoms with Crippen LogP contribution in [-0.2, 0) is 16.0 Å². The Balaban J connectivity index is 1.42. The summed E-state index contributed by atoms with van der Waals surface area (Å²) < 4.78 is 0. The highest BCUT2D eigenvalue weighted by molar-refractivity contribution is 6.30. The summed E-state index contributed by atoms with van der Waals surface area (Å²) in [6.07, 6.45) is 1.76. The average molecular weight is 430 g/mol. The van der Waals surface area contributed by atoms with Crippen molar-refractivity contribution in [3.05, 3.63) is 64.7 Å². The second-order valence-electron chi connectivity index (χ2n) is 7.58. The molecule has 0 saturated carbocycles. The number of rotatable bonds is 8. The van der Waals surface area contributed by atoms with Gasteiger partial charge in [0.15, 0.2) is 0 Å². The number of nitrogens with zero attached hydrogens (tertiary/aromatic N) is 1. The van der Waals surface area contributed by atoms with Gasteiger partial charge in [-0.2, -0.15) is 0 Å². The van der Waals surface area contributed by atoms with Gasteiger partial charge in [-0.25, -0.2) is 0 Å². The number of aliphatic hydroxyl groups is 1. The number of hydrogen-bond acceptors (Lipinski definition) is 4. The quantitative estimate of drug-likeness (QED) is 0.563. The zero-order valence-corrected chi connectivity index (χ0v) is 17.9. The van der Waals surface area contributed by atoms with E-state index >= 15 is 0 Å². The summed E-state index contributed by atoms with van der Waals surface area (Å²) in [5, 5.41) is 17.0. The predicted molar refractivity (Wildman–Crippen MR) is 118 cm³/mol. The maximum atomic E-state index is 12.5. The van der Waals surface area contributed by atoms with E-state index in [-0.39, 0.29) is 17.9 Å². The first-order chi connectivity index (χ1) is 14.4. The summed E-state index contributed by atoms with van der Waals surface area (Å²) in [7, 11) is 0. The van der Waals surface area contributed by atoms with Crippen LogP contribution in [0.3, 0.4) is 0 Å². The van der Waals surface area contributed by atoms with Crippen molar-refractivity contribution in [1.29, 1.82) is 0 Å². The first kappa shape index (κ1) is 22.3. The number of hydrogen-bond donors (Lipinski definition) is 3. The van der Waals surface area contributed by atoms with Crippen LogP contribution in [0.4, 0.5) is 5.69 Å². The molecular formula is C23H28ClN3O3. The van der Waals surface area contributed by atoms with E-state index in [1.165, 1.54) is 6.92 Å². The highest BCUT2D eigenvalue weighted by Gasteiger charge is 2.32. The molecule has 30 heavy (non-hydrogen) atoms. The summed E-state index contributed by atoms with van der Waals surface area (Å²) in [6.45, 7) is 3.31. The second kappa shape index (κ2) is 10.6. The SMILES string of the molecule is CC(=O)N1CCC[C@H]1C(=O)Nc1ccc(CCNC[C@H](O)c2cccc(Cl)c2)cc1. The largest absolute Gasteiger partial charge is 0.387 e. The van der Waals surface area contributed by atoms with Gasteiger partial charge in [0.25, 0.3) is 0 Å². The van der Waals surface area contributed by atoms with Crippen LogP contribution in [0.15, 0.2) is 48.5 Å². The van der Waals surface area contributed by atoms with Gasteiger partial charge in [0.1, 0.15) is 6.04 Å². The van der Waals surface area contributed by atoms with Crippen LogP contribution in [-0.4, -0.2) is 47.5 Å². The third kappa shape index (κ3) is 6.05. The van der Waals surface area contributed by atoms with Gasteiger partial charge in [0.2, 0.25) is 11.8 Å². The Bertz CT molecular complexity index is 872. The van der Waals surface area contributed by atoms with Crippen molar-refractivity contribution in [3.8, 4) is 0 Å². The molecule has 0 radical (unpaired) electrons. The predicted octanol–water partition coefficient (Wildman–Crippen LogP) is 3.16. The Morgan fingerprint density at radius 3 is 2.70 bits per heavy atom. The summed E-state index contributed by atoms with van der Waals surface area (Å²) in [5.41, 5.74) is 2.65. The number of anilines is 1. The molecule has 0 unspecified atom stereocenters. The fraction of sp³-hybridized carbons (Fsp3) is 0.391. The molecule has 7 heteroatoms. The Hall–Kier alpha value is -2.41. The van der Waals surface area contributed by atoms with Crippen molar-refractivity contribution in [1.82, 2.24) is 10.2 Å². The third-order valence-electron chi connectivity index (χ3n) is 5.34. The van der Waals surface area contributed by atoms with E-state index in [9.17, 15) is 14.7 Å². The molecule has 1 aliphatic rings. The first-order valence-electron chi connectivity index (χ1n) is 10.3. The van der Waals surface area contributed by atoms with Crippen molar-refractivity contribution in [2.45, 2.75) is 38.3 Å². The summed E-state index contributed by atoms with van der Waals surface area (Å²) in [5.74, 6) is -0.192. The first-order valence-corrected chi connectivity index (χ1v) is 10.6. The molecule has 0 bridgehead atoms. The van der Waals surface area contributed by atoms with E-state index in [0.717, 1.165) is 36.2 Å². The number of likely N-dealkylation sites (tertiary alicyclic amines) is 1. The third-order valence-corrected chi connectivity index (χ3v) is 5.58. The summed E-state index contributed by atoms with van der Waals surface area (Å²) in [4.78, 5) is 25.8. The highest BCUT2D eigenvalue weighted by atomic mass is 35.5. The molecule has 0 spiro atoms. The molecule has 160 valence electrons. The van der Waals surface area contributed by atoms with E-state index in [2.05, 4.69) is 10.6 Å². The lowest BCUT2D eigenvalue weighted by atomic mass is 10.1. The van der Waals surface area contributed by atoms with Crippen molar-refractivity contribution in [3.63, 3.8) is 0 Å². The van der Waals surface area contributed by atoms with Crippen LogP contribution >= 0.6 is 11.6 Å². The number of carbonyl (C=O) groups excluding carboxylic acids is 2. The smallest absolute Gasteiger partial charge is 0.247 e. The molecule has 3 N–H and O–H groups in total. The number of halogens is 1. The van der Waals surface area contributed by atoms with Crippen LogP contribution in [0.25, 0.3) is 0 Å². The van der Waals surface area contributed by atoms with Crippen LogP contribution in [0.1, 0.15) is 37.0 Å². The van der Waals surface area contributed by atoms with Gasteiger partial charge < -0.3 is 20.6 Å². The lowest BCUT2D eigenvalue weighted by Gasteiger charge is -2.22. The Morgan fingerprint density at radius 2 is 2.00 bits per heavy atom. The molecule has 2 amide bonds. The second-order valence-corrected chi connectivity index (χ2v) is 8.02. The van der Waals surface area contributed by atoms with Crippen molar-refractivity contribution < 1.29 is 14.7 Å². The van der Waals surface area contributed by atoms with Gasteiger partial charge in [-0.15, -0.1) is 0 Å². The number of nitrogens with one attached hydrogen (secondary N) is 2. The van der Waals surface area contributed by atoms with E-state index in [0.29, 0.717) is 24.5 Å². The number of benzene rings is 2. The maximum Gasteiger partial charge on any atom is 0.247 e. The summed E-state index contributed by atoms with van der Waals surface area (Å²) >= 11 is 5.96. The minimum Gasteiger partial charge on any atom is -0.387 e. The van der Waals surface area contributed by atoms with Crippen LogP contribution in [0.2, 0.25) is 5.02 Å². The fourth-order valence-electron chi connectivity index (χ4n) is 3.70. The van der Waals surface area contributed by atoms with Crippen molar-refractivity contribution >= 4 is 29.1 Å². The topological polar surface area (TPSA) is 81.7 Å². The maximum absolute atomic E-state index is 12.5. The Morgan fingerprint density at radius 1 is 1.23 bits per heavy atom. The zero-order valence-electron chi connectivity index (χ0n) is 17.1. The Labute approximate surface area is 182 Å². The van der Waals surface area contributed by atoms with Gasteiger partial charge in [0.05, 0.1) is 6.10 Å². The van der Waals surface area contributed by atoms with E-state index < -0.39 is 6.10 Å². The normalized spacial score (nSPS) is 17.0. The average Bonchev–Trinajstić information content (AvgIpc) is 3.23. The molecule has 0 aromatic heterocycles.